The Morgan fingerprint density at radius 1 is 0.565 bits per heavy atom. The van der Waals surface area contributed by atoms with Crippen LogP contribution >= 0.6 is 0 Å². The van der Waals surface area contributed by atoms with Crippen molar-refractivity contribution in [3.63, 3.8) is 0 Å². The first-order valence-corrected chi connectivity index (χ1v) is 12.0. The van der Waals surface area contributed by atoms with Crippen molar-refractivity contribution >= 4 is 8.56 Å². The van der Waals surface area contributed by atoms with Gasteiger partial charge in [0.05, 0.1) is 11.2 Å². The zero-order valence-corrected chi connectivity index (χ0v) is 17.5. The van der Waals surface area contributed by atoms with Crippen LogP contribution < -0.4 is 0 Å². The molecule has 2 aliphatic carbocycles. The lowest BCUT2D eigenvalue weighted by molar-refractivity contribution is -0.00227. The second kappa shape index (κ2) is 7.57. The van der Waals surface area contributed by atoms with Crippen LogP contribution in [0.4, 0.5) is 0 Å². The van der Waals surface area contributed by atoms with Crippen molar-refractivity contribution in [1.82, 2.24) is 0 Å². The van der Waals surface area contributed by atoms with E-state index in [-0.39, 0.29) is 11.2 Å². The van der Waals surface area contributed by atoms with E-state index >= 15 is 0 Å². The van der Waals surface area contributed by atoms with Gasteiger partial charge < -0.3 is 8.85 Å². The summed E-state index contributed by atoms with van der Waals surface area (Å²) >= 11 is 0. The second-order valence-electron chi connectivity index (χ2n) is 9.82. The van der Waals surface area contributed by atoms with E-state index in [4.69, 9.17) is 8.85 Å². The Kier molecular flexibility index (Phi) is 6.41. The largest absolute Gasteiger partial charge is 0.389 e. The third kappa shape index (κ3) is 5.57. The Morgan fingerprint density at radius 3 is 1.13 bits per heavy atom. The van der Waals surface area contributed by atoms with E-state index < -0.39 is 8.56 Å². The van der Waals surface area contributed by atoms with Crippen molar-refractivity contribution in [1.29, 1.82) is 0 Å². The van der Waals surface area contributed by atoms with Gasteiger partial charge in [-0.1, -0.05) is 38.5 Å². The lowest BCUT2D eigenvalue weighted by Crippen LogP contribution is -2.58. The maximum absolute atomic E-state index is 7.00. The predicted molar refractivity (Wildman–Crippen MR) is 101 cm³/mol. The topological polar surface area (TPSA) is 18.5 Å². The highest BCUT2D eigenvalue weighted by Crippen LogP contribution is 2.51. The Labute approximate surface area is 146 Å². The molecule has 0 aliphatic heterocycles. The molecule has 0 spiro atoms. The summed E-state index contributed by atoms with van der Waals surface area (Å²) in [6, 6.07) is 0. The average Bonchev–Trinajstić information content (AvgIpc) is 2.45. The Hall–Kier alpha value is 0.137. The molecule has 0 atom stereocenters. The maximum Gasteiger partial charge on any atom is 0.345 e. The molecule has 2 aliphatic rings. The first-order valence-electron chi connectivity index (χ1n) is 10.0. The molecular weight excluding hydrogens is 300 g/mol. The summed E-state index contributed by atoms with van der Waals surface area (Å²) in [7, 11) is -2.26. The van der Waals surface area contributed by atoms with Crippen LogP contribution in [0.5, 0.6) is 0 Å². The van der Waals surface area contributed by atoms with Crippen molar-refractivity contribution in [3.05, 3.63) is 0 Å². The van der Waals surface area contributed by atoms with Crippen molar-refractivity contribution in [2.24, 2.45) is 0 Å². The molecule has 23 heavy (non-hydrogen) atoms. The van der Waals surface area contributed by atoms with Crippen molar-refractivity contribution < 1.29 is 8.85 Å². The van der Waals surface area contributed by atoms with Crippen LogP contribution in [0.2, 0.25) is 11.1 Å². The molecule has 2 fully saturated rings. The quantitative estimate of drug-likeness (QED) is 0.528. The fraction of sp³-hybridized carbons (Fsp3) is 1.00. The van der Waals surface area contributed by atoms with Gasteiger partial charge in [0.25, 0.3) is 0 Å². The first-order chi connectivity index (χ1) is 10.6. The molecule has 0 unspecified atom stereocenters. The van der Waals surface area contributed by atoms with Gasteiger partial charge in [-0.15, -0.1) is 0 Å². The van der Waals surface area contributed by atoms with Gasteiger partial charge in [-0.25, -0.2) is 0 Å². The molecule has 0 radical (unpaired) electrons. The van der Waals surface area contributed by atoms with Gasteiger partial charge in [0.1, 0.15) is 0 Å². The second-order valence-corrected chi connectivity index (χ2v) is 13.3. The third-order valence-corrected chi connectivity index (χ3v) is 10.6. The van der Waals surface area contributed by atoms with Crippen molar-refractivity contribution in [2.75, 3.05) is 0 Å². The molecule has 2 nitrogen and oxygen atoms in total. The normalized spacial score (nSPS) is 23.2. The van der Waals surface area contributed by atoms with Crippen LogP contribution in [0.25, 0.3) is 0 Å². The van der Waals surface area contributed by atoms with Crippen LogP contribution in [-0.4, -0.2) is 19.8 Å². The maximum atomic E-state index is 7.00. The minimum Gasteiger partial charge on any atom is -0.389 e. The van der Waals surface area contributed by atoms with E-state index in [0.717, 1.165) is 0 Å². The molecule has 0 aromatic carbocycles. The molecule has 0 amide bonds. The third-order valence-electron chi connectivity index (χ3n) is 5.28. The van der Waals surface area contributed by atoms with Gasteiger partial charge in [0, 0.05) is 11.1 Å². The van der Waals surface area contributed by atoms with Gasteiger partial charge in [0.2, 0.25) is 0 Å². The zero-order chi connectivity index (χ0) is 17.1. The molecule has 0 aromatic heterocycles. The van der Waals surface area contributed by atoms with Crippen molar-refractivity contribution in [2.45, 2.75) is 128 Å². The average molecular weight is 341 g/mol. The standard InChI is InChI=1S/C20H40O2Si/c1-19(2,3)21-23(22-20(4,5)6,17-13-9-7-10-14-17)18-15-11-8-12-16-18/h17-18H,7-16H2,1-6H3. The summed E-state index contributed by atoms with van der Waals surface area (Å²) in [5.74, 6) is 0. The molecule has 0 bridgehead atoms. The summed E-state index contributed by atoms with van der Waals surface area (Å²) in [6.45, 7) is 13.4. The van der Waals surface area contributed by atoms with Gasteiger partial charge in [-0.2, -0.15) is 0 Å². The highest BCUT2D eigenvalue weighted by atomic mass is 28.4. The fourth-order valence-corrected chi connectivity index (χ4v) is 10.4. The molecule has 136 valence electrons. The van der Waals surface area contributed by atoms with E-state index in [1.807, 2.05) is 0 Å². The van der Waals surface area contributed by atoms with Gasteiger partial charge >= 0.3 is 8.56 Å². The molecule has 3 heteroatoms. The summed E-state index contributed by atoms with van der Waals surface area (Å²) in [6.07, 6.45) is 13.6. The summed E-state index contributed by atoms with van der Waals surface area (Å²) < 4.78 is 14.0. The van der Waals surface area contributed by atoms with E-state index in [2.05, 4.69) is 41.5 Å². The minimum atomic E-state index is -2.26. The van der Waals surface area contributed by atoms with Crippen molar-refractivity contribution in [3.8, 4) is 0 Å². The summed E-state index contributed by atoms with van der Waals surface area (Å²) in [5, 5.41) is 0. The molecule has 2 rings (SSSR count). The lowest BCUT2D eigenvalue weighted by atomic mass is 9.99. The Bertz CT molecular complexity index is 319. The van der Waals surface area contributed by atoms with E-state index in [1.54, 1.807) is 0 Å². The lowest BCUT2D eigenvalue weighted by Gasteiger charge is -2.51. The van der Waals surface area contributed by atoms with E-state index in [9.17, 15) is 0 Å². The van der Waals surface area contributed by atoms with Gasteiger partial charge in [0.15, 0.2) is 0 Å². The molecular formula is C20H40O2Si. The van der Waals surface area contributed by atoms with E-state index in [1.165, 1.54) is 64.2 Å². The summed E-state index contributed by atoms with van der Waals surface area (Å²) in [5.41, 5.74) is 1.18. The molecule has 0 N–H and O–H groups in total. The highest BCUT2D eigenvalue weighted by Gasteiger charge is 2.55. The predicted octanol–water partition coefficient (Wildman–Crippen LogP) is 6.73. The van der Waals surface area contributed by atoms with Crippen LogP contribution in [0.1, 0.15) is 106 Å². The first kappa shape index (κ1) is 19.5. The number of hydrogen-bond acceptors (Lipinski definition) is 2. The molecule has 2 saturated carbocycles. The highest BCUT2D eigenvalue weighted by molar-refractivity contribution is 6.70. The zero-order valence-electron chi connectivity index (χ0n) is 16.5. The van der Waals surface area contributed by atoms with Crippen LogP contribution in [0.3, 0.4) is 0 Å². The SMILES string of the molecule is CC(C)(C)O[Si](OC(C)(C)C)(C1CCCCC1)C1CCCCC1. The fourth-order valence-electron chi connectivity index (χ4n) is 4.65. The smallest absolute Gasteiger partial charge is 0.345 e. The minimum absolute atomic E-state index is 0.105. The van der Waals surface area contributed by atoms with Crippen LogP contribution in [-0.2, 0) is 8.85 Å². The number of rotatable bonds is 4. The monoisotopic (exact) mass is 340 g/mol. The van der Waals surface area contributed by atoms with Gasteiger partial charge in [-0.05, 0) is 67.2 Å². The Balaban J connectivity index is 2.37. The molecule has 0 saturated heterocycles. The molecule has 0 aromatic rings. The Morgan fingerprint density at radius 2 is 0.870 bits per heavy atom. The van der Waals surface area contributed by atoms with Gasteiger partial charge in [-0.3, -0.25) is 0 Å². The van der Waals surface area contributed by atoms with Crippen LogP contribution in [0.15, 0.2) is 0 Å². The van der Waals surface area contributed by atoms with Crippen LogP contribution in [0, 0.1) is 0 Å². The number of hydrogen-bond donors (Lipinski definition) is 0. The molecule has 0 heterocycles. The van der Waals surface area contributed by atoms with E-state index in [0.29, 0.717) is 11.1 Å². The summed E-state index contributed by atoms with van der Waals surface area (Å²) in [4.78, 5) is 0.